The van der Waals surface area contributed by atoms with Crippen LogP contribution in [0.5, 0.6) is 5.75 Å². The van der Waals surface area contributed by atoms with Crippen LogP contribution in [0.4, 0.5) is 8.78 Å². The highest BCUT2D eigenvalue weighted by Gasteiger charge is 2.13. The summed E-state index contributed by atoms with van der Waals surface area (Å²) in [6.45, 7) is -0.238. The molecule has 1 nitrogen and oxygen atoms in total. The lowest BCUT2D eigenvalue weighted by atomic mass is 10.2. The standard InChI is InChI=1S/C13H7Br2ClF2O/c14-7-1-4-12(10(16)5-7)19-6-8-11(17)3-2-9(15)13(8)18/h1-5H,6H2. The molecular weight excluding hydrogens is 405 g/mol. The Kier molecular flexibility index (Phi) is 4.81. The molecule has 0 heterocycles. The fraction of sp³-hybridized carbons (Fsp3) is 0.0769. The van der Waals surface area contributed by atoms with Gasteiger partial charge in [0.15, 0.2) is 0 Å². The fourth-order valence-electron chi connectivity index (χ4n) is 1.44. The van der Waals surface area contributed by atoms with Gasteiger partial charge in [0.05, 0.1) is 15.1 Å². The molecular formula is C13H7Br2ClF2O. The summed E-state index contributed by atoms with van der Waals surface area (Å²) < 4.78 is 33.6. The Hall–Kier alpha value is -0.650. The summed E-state index contributed by atoms with van der Waals surface area (Å²) in [4.78, 5) is 0. The van der Waals surface area contributed by atoms with E-state index in [0.29, 0.717) is 10.8 Å². The van der Waals surface area contributed by atoms with Crippen molar-refractivity contribution < 1.29 is 13.5 Å². The van der Waals surface area contributed by atoms with E-state index >= 15 is 0 Å². The minimum absolute atomic E-state index is 0.145. The Bertz CT molecular complexity index is 620. The van der Waals surface area contributed by atoms with Gasteiger partial charge in [-0.15, -0.1) is 0 Å². The first-order chi connectivity index (χ1) is 8.99. The van der Waals surface area contributed by atoms with Crippen molar-refractivity contribution in [2.75, 3.05) is 0 Å². The molecule has 2 rings (SSSR count). The van der Waals surface area contributed by atoms with Crippen molar-refractivity contribution in [1.29, 1.82) is 0 Å². The molecule has 0 atom stereocenters. The zero-order valence-electron chi connectivity index (χ0n) is 9.39. The number of halogens is 5. The van der Waals surface area contributed by atoms with Crippen LogP contribution in [-0.2, 0) is 6.61 Å². The predicted molar refractivity (Wildman–Crippen MR) is 77.5 cm³/mol. The van der Waals surface area contributed by atoms with Gasteiger partial charge < -0.3 is 4.74 Å². The van der Waals surface area contributed by atoms with Gasteiger partial charge >= 0.3 is 0 Å². The summed E-state index contributed by atoms with van der Waals surface area (Å²) in [5.74, 6) is -0.967. The van der Waals surface area contributed by atoms with Crippen molar-refractivity contribution in [3.05, 3.63) is 61.5 Å². The molecule has 2 aromatic rings. The molecule has 0 aliphatic carbocycles. The first-order valence-corrected chi connectivity index (χ1v) is 7.15. The molecule has 0 aliphatic rings. The lowest BCUT2D eigenvalue weighted by Gasteiger charge is -2.10. The van der Waals surface area contributed by atoms with Crippen LogP contribution in [0.25, 0.3) is 0 Å². The van der Waals surface area contributed by atoms with Crippen LogP contribution in [0.2, 0.25) is 5.02 Å². The Morgan fingerprint density at radius 3 is 2.53 bits per heavy atom. The molecule has 0 aromatic heterocycles. The van der Waals surface area contributed by atoms with Crippen molar-refractivity contribution in [2.24, 2.45) is 0 Å². The molecule has 0 fully saturated rings. The summed E-state index contributed by atoms with van der Waals surface area (Å²) in [7, 11) is 0. The van der Waals surface area contributed by atoms with Crippen LogP contribution >= 0.6 is 43.5 Å². The minimum atomic E-state index is -0.673. The second kappa shape index (κ2) is 6.20. The van der Waals surface area contributed by atoms with E-state index in [0.717, 1.165) is 4.47 Å². The maximum absolute atomic E-state index is 13.7. The van der Waals surface area contributed by atoms with E-state index in [-0.39, 0.29) is 16.6 Å². The summed E-state index contributed by atoms with van der Waals surface area (Å²) in [5, 5.41) is 0.366. The van der Waals surface area contributed by atoms with Crippen LogP contribution in [-0.4, -0.2) is 0 Å². The molecule has 19 heavy (non-hydrogen) atoms. The predicted octanol–water partition coefficient (Wildman–Crippen LogP) is 5.72. The van der Waals surface area contributed by atoms with Crippen LogP contribution in [0.15, 0.2) is 39.3 Å². The zero-order chi connectivity index (χ0) is 14.0. The molecule has 0 N–H and O–H groups in total. The van der Waals surface area contributed by atoms with Crippen molar-refractivity contribution >= 4 is 43.5 Å². The monoisotopic (exact) mass is 410 g/mol. The third kappa shape index (κ3) is 3.46. The highest BCUT2D eigenvalue weighted by Crippen LogP contribution is 2.29. The zero-order valence-corrected chi connectivity index (χ0v) is 13.3. The Balaban J connectivity index is 2.21. The van der Waals surface area contributed by atoms with Crippen LogP contribution in [0.3, 0.4) is 0 Å². The number of hydrogen-bond donors (Lipinski definition) is 0. The van der Waals surface area contributed by atoms with Crippen LogP contribution in [0, 0.1) is 11.6 Å². The molecule has 0 bridgehead atoms. The van der Waals surface area contributed by atoms with E-state index < -0.39 is 11.6 Å². The number of rotatable bonds is 3. The van der Waals surface area contributed by atoms with Crippen LogP contribution in [0.1, 0.15) is 5.56 Å². The van der Waals surface area contributed by atoms with Crippen molar-refractivity contribution in [1.82, 2.24) is 0 Å². The van der Waals surface area contributed by atoms with Gasteiger partial charge in [0.1, 0.15) is 24.0 Å². The minimum Gasteiger partial charge on any atom is -0.487 e. The lowest BCUT2D eigenvalue weighted by molar-refractivity contribution is 0.292. The SMILES string of the molecule is Fc1ccc(Br)c(F)c1COc1ccc(Br)cc1Cl. The summed E-state index contributed by atoms with van der Waals surface area (Å²) in [6.07, 6.45) is 0. The van der Waals surface area contributed by atoms with Gasteiger partial charge in [0, 0.05) is 4.47 Å². The van der Waals surface area contributed by atoms with E-state index in [1.165, 1.54) is 12.1 Å². The Morgan fingerprint density at radius 1 is 1.11 bits per heavy atom. The van der Waals surface area contributed by atoms with Crippen LogP contribution < -0.4 is 4.74 Å². The number of hydrogen-bond acceptors (Lipinski definition) is 1. The van der Waals surface area contributed by atoms with Gasteiger partial charge in [0.25, 0.3) is 0 Å². The lowest BCUT2D eigenvalue weighted by Crippen LogP contribution is -2.03. The Labute approximate surface area is 130 Å². The van der Waals surface area contributed by atoms with Gasteiger partial charge in [-0.2, -0.15) is 0 Å². The molecule has 0 amide bonds. The van der Waals surface area contributed by atoms with Crippen molar-refractivity contribution in [3.63, 3.8) is 0 Å². The molecule has 6 heteroatoms. The second-order valence-electron chi connectivity index (χ2n) is 3.69. The topological polar surface area (TPSA) is 9.23 Å². The first-order valence-electron chi connectivity index (χ1n) is 5.19. The first kappa shape index (κ1) is 14.8. The Morgan fingerprint density at radius 2 is 1.84 bits per heavy atom. The summed E-state index contributed by atoms with van der Waals surface area (Å²) in [5.41, 5.74) is -0.145. The molecule has 0 radical (unpaired) electrons. The van der Waals surface area contributed by atoms with E-state index in [2.05, 4.69) is 31.9 Å². The third-order valence-electron chi connectivity index (χ3n) is 2.40. The van der Waals surface area contributed by atoms with E-state index in [4.69, 9.17) is 16.3 Å². The summed E-state index contributed by atoms with van der Waals surface area (Å²) >= 11 is 12.2. The molecule has 0 saturated carbocycles. The number of ether oxygens (including phenoxy) is 1. The highest BCUT2D eigenvalue weighted by atomic mass is 79.9. The van der Waals surface area contributed by atoms with E-state index in [1.807, 2.05) is 0 Å². The average Bonchev–Trinajstić information content (AvgIpc) is 2.36. The molecule has 2 aromatic carbocycles. The van der Waals surface area contributed by atoms with Crippen molar-refractivity contribution in [2.45, 2.75) is 6.61 Å². The molecule has 0 aliphatic heterocycles. The molecule has 0 spiro atoms. The smallest absolute Gasteiger partial charge is 0.146 e. The van der Waals surface area contributed by atoms with Gasteiger partial charge in [-0.05, 0) is 46.3 Å². The quantitative estimate of drug-likeness (QED) is 0.586. The van der Waals surface area contributed by atoms with Gasteiger partial charge in [-0.3, -0.25) is 0 Å². The van der Waals surface area contributed by atoms with Crippen molar-refractivity contribution in [3.8, 4) is 5.75 Å². The van der Waals surface area contributed by atoms with Gasteiger partial charge in [-0.1, -0.05) is 27.5 Å². The number of benzene rings is 2. The second-order valence-corrected chi connectivity index (χ2v) is 5.86. The van der Waals surface area contributed by atoms with Gasteiger partial charge in [0.2, 0.25) is 0 Å². The summed E-state index contributed by atoms with van der Waals surface area (Å²) in [6, 6.07) is 7.48. The maximum atomic E-state index is 13.7. The molecule has 0 saturated heterocycles. The average molecular weight is 412 g/mol. The normalized spacial score (nSPS) is 10.6. The molecule has 100 valence electrons. The van der Waals surface area contributed by atoms with Gasteiger partial charge in [-0.25, -0.2) is 8.78 Å². The largest absolute Gasteiger partial charge is 0.487 e. The van der Waals surface area contributed by atoms with E-state index in [9.17, 15) is 8.78 Å². The third-order valence-corrected chi connectivity index (χ3v) is 3.81. The highest BCUT2D eigenvalue weighted by molar-refractivity contribution is 9.10. The van der Waals surface area contributed by atoms with E-state index in [1.54, 1.807) is 18.2 Å². The molecule has 0 unspecified atom stereocenters. The fourth-order valence-corrected chi connectivity index (χ4v) is 2.54. The maximum Gasteiger partial charge on any atom is 0.146 e.